The lowest BCUT2D eigenvalue weighted by Crippen LogP contribution is -2.71. The maximum absolute atomic E-state index is 12.8. The van der Waals surface area contributed by atoms with Gasteiger partial charge in [0, 0.05) is 6.08 Å². The third-order valence-electron chi connectivity index (χ3n) is 10.3. The van der Waals surface area contributed by atoms with Crippen LogP contribution in [0.4, 0.5) is 0 Å². The molecule has 0 aromatic heterocycles. The van der Waals surface area contributed by atoms with Gasteiger partial charge in [0.15, 0.2) is 0 Å². The molecule has 2 aliphatic heterocycles. The Bertz CT molecular complexity index is 1740. The van der Waals surface area contributed by atoms with E-state index in [1.165, 1.54) is 26.8 Å². The van der Waals surface area contributed by atoms with Gasteiger partial charge in [-0.1, -0.05) is 163 Å². The molecule has 52 heavy (non-hydrogen) atoms. The van der Waals surface area contributed by atoms with Crippen LogP contribution in [0.2, 0.25) is 29.7 Å². The summed E-state index contributed by atoms with van der Waals surface area (Å²) < 4.78 is 29.1. The number of hydrogen-bond acceptors (Lipinski definition) is 6. The molecule has 0 spiro atoms. The number of esters is 1. The molecule has 0 N–H and O–H groups in total. The molecular weight excluding hydrogens is 695 g/mol. The monoisotopic (exact) mass is 749 g/mol. The van der Waals surface area contributed by atoms with Gasteiger partial charge in [0.1, 0.15) is 12.1 Å². The van der Waals surface area contributed by atoms with Crippen molar-refractivity contribution in [2.24, 2.45) is 0 Å². The molecule has 0 saturated carbocycles. The second-order valence-electron chi connectivity index (χ2n) is 17.1. The molecule has 6 rings (SSSR count). The molecule has 274 valence electrons. The van der Waals surface area contributed by atoms with Crippen molar-refractivity contribution in [3.63, 3.8) is 0 Å². The Balaban J connectivity index is 1.62. The number of carbonyl (C=O) groups is 1. The topological polar surface area (TPSA) is 57.2 Å². The highest BCUT2D eigenvalue weighted by Crippen LogP contribution is 2.44. The number of benzene rings is 4. The molecule has 9 heteroatoms. The van der Waals surface area contributed by atoms with Crippen LogP contribution in [0.25, 0.3) is 0 Å². The highest BCUT2D eigenvalue weighted by Gasteiger charge is 2.61. The Morgan fingerprint density at radius 2 is 1.00 bits per heavy atom. The standard InChI is InChI=1S/C43H55NO5Si3/c1-42(2,3)51(33-22-14-10-15-23-33,34-24-16-11-17-25-34)47-38-32-44(49-50(7,8)9)40(37-30-31-39(45)46-37)41(38)48-52(43(4,5)6,35-26-18-12-19-27-35)36-28-20-13-21-29-36/h10-31,37-38,40-41H,32H2,1-9H3/t37-,38-,40-,41+/m0/s1. The number of cyclic esters (lactones) is 1. The van der Waals surface area contributed by atoms with Gasteiger partial charge in [0.25, 0.3) is 16.6 Å². The number of hydrogen-bond donors (Lipinski definition) is 0. The largest absolute Gasteiger partial charge is 0.453 e. The Labute approximate surface area is 314 Å². The Kier molecular flexibility index (Phi) is 10.9. The van der Waals surface area contributed by atoms with Gasteiger partial charge in [-0.2, -0.15) is 5.06 Å². The molecule has 4 aromatic carbocycles. The zero-order valence-corrected chi connectivity index (χ0v) is 35.2. The first-order chi connectivity index (χ1) is 24.6. The van der Waals surface area contributed by atoms with E-state index in [-0.39, 0.29) is 16.0 Å². The predicted octanol–water partition coefficient (Wildman–Crippen LogP) is 6.81. The van der Waals surface area contributed by atoms with Gasteiger partial charge in [0.05, 0.1) is 18.8 Å². The zero-order chi connectivity index (χ0) is 37.4. The summed E-state index contributed by atoms with van der Waals surface area (Å²) in [6.07, 6.45) is 1.89. The fourth-order valence-electron chi connectivity index (χ4n) is 8.22. The van der Waals surface area contributed by atoms with Crippen molar-refractivity contribution >= 4 is 51.7 Å². The summed E-state index contributed by atoms with van der Waals surface area (Å²) in [5.41, 5.74) is 0. The molecule has 0 aliphatic carbocycles. The van der Waals surface area contributed by atoms with E-state index in [4.69, 9.17) is 18.1 Å². The van der Waals surface area contributed by atoms with E-state index in [0.29, 0.717) is 6.54 Å². The molecule has 4 atom stereocenters. The number of rotatable bonds is 11. The van der Waals surface area contributed by atoms with E-state index < -0.39 is 49.3 Å². The molecule has 0 unspecified atom stereocenters. The summed E-state index contributed by atoms with van der Waals surface area (Å²) in [6, 6.07) is 42.5. The van der Waals surface area contributed by atoms with E-state index in [0.717, 1.165) is 0 Å². The molecule has 2 heterocycles. The van der Waals surface area contributed by atoms with Gasteiger partial charge in [-0.25, -0.2) is 4.79 Å². The SMILES string of the molecule is CC(C)(C)[Si](O[C@H]1[C@H]([C@@H]2C=CC(=O)O2)N(O[Si](C)(C)C)C[C@@H]1O[Si](c1ccccc1)(c1ccccc1)C(C)(C)C)(c1ccccc1)c1ccccc1. The number of hydroxylamine groups is 2. The Morgan fingerprint density at radius 3 is 1.33 bits per heavy atom. The smallest absolute Gasteiger partial charge is 0.331 e. The quantitative estimate of drug-likeness (QED) is 0.124. The van der Waals surface area contributed by atoms with Crippen LogP contribution in [-0.2, 0) is 22.9 Å². The second-order valence-corrected chi connectivity index (χ2v) is 30.0. The molecule has 6 nitrogen and oxygen atoms in total. The summed E-state index contributed by atoms with van der Waals surface area (Å²) in [6.45, 7) is 20.8. The highest BCUT2D eigenvalue weighted by atomic mass is 28.4. The molecule has 1 fully saturated rings. The Morgan fingerprint density at radius 1 is 0.615 bits per heavy atom. The number of ether oxygens (including phenoxy) is 1. The van der Waals surface area contributed by atoms with Crippen molar-refractivity contribution < 1.29 is 22.9 Å². The van der Waals surface area contributed by atoms with Gasteiger partial charge in [0.2, 0.25) is 8.32 Å². The van der Waals surface area contributed by atoms with Gasteiger partial charge in [-0.3, -0.25) is 0 Å². The highest BCUT2D eigenvalue weighted by molar-refractivity contribution is 7.00. The maximum atomic E-state index is 12.8. The van der Waals surface area contributed by atoms with E-state index in [2.05, 4.69) is 188 Å². The van der Waals surface area contributed by atoms with Crippen molar-refractivity contribution in [1.82, 2.24) is 5.06 Å². The van der Waals surface area contributed by atoms with E-state index in [1.807, 2.05) is 6.08 Å². The van der Waals surface area contributed by atoms with Crippen molar-refractivity contribution in [3.8, 4) is 0 Å². The average Bonchev–Trinajstić information content (AvgIpc) is 3.67. The summed E-state index contributed by atoms with van der Waals surface area (Å²) in [5.74, 6) is -0.349. The van der Waals surface area contributed by atoms with Crippen LogP contribution in [0.3, 0.4) is 0 Å². The van der Waals surface area contributed by atoms with E-state index in [1.54, 1.807) is 0 Å². The first-order valence-electron chi connectivity index (χ1n) is 18.5. The number of carbonyl (C=O) groups excluding carboxylic acids is 1. The van der Waals surface area contributed by atoms with Crippen molar-refractivity contribution in [3.05, 3.63) is 133 Å². The van der Waals surface area contributed by atoms with Gasteiger partial charge in [-0.05, 0) is 56.5 Å². The minimum Gasteiger partial charge on any atom is -0.453 e. The first kappa shape index (κ1) is 38.3. The third-order valence-corrected chi connectivity index (χ3v) is 21.1. The van der Waals surface area contributed by atoms with Crippen LogP contribution >= 0.6 is 0 Å². The average molecular weight is 750 g/mol. The summed E-state index contributed by atoms with van der Waals surface area (Å²) in [5, 5.41) is 6.26. The maximum Gasteiger partial charge on any atom is 0.331 e. The summed E-state index contributed by atoms with van der Waals surface area (Å²) in [4.78, 5) is 12.8. The molecular formula is C43H55NO5Si3. The molecule has 0 radical (unpaired) electrons. The van der Waals surface area contributed by atoms with Gasteiger partial charge >= 0.3 is 5.97 Å². The van der Waals surface area contributed by atoms with Crippen LogP contribution in [0.15, 0.2) is 133 Å². The normalized spacial score (nSPS) is 21.8. The fourth-order valence-corrected chi connectivity index (χ4v) is 18.5. The van der Waals surface area contributed by atoms with E-state index >= 15 is 0 Å². The van der Waals surface area contributed by atoms with Crippen molar-refractivity contribution in [1.29, 1.82) is 0 Å². The van der Waals surface area contributed by atoms with Crippen molar-refractivity contribution in [2.45, 2.75) is 95.6 Å². The van der Waals surface area contributed by atoms with Gasteiger partial charge in [-0.15, -0.1) is 0 Å². The van der Waals surface area contributed by atoms with Crippen LogP contribution in [0.5, 0.6) is 0 Å². The van der Waals surface area contributed by atoms with Crippen LogP contribution in [-0.4, -0.2) is 66.9 Å². The number of nitrogens with zero attached hydrogens (tertiary/aromatic N) is 1. The minimum atomic E-state index is -3.13. The van der Waals surface area contributed by atoms with Crippen LogP contribution < -0.4 is 20.7 Å². The van der Waals surface area contributed by atoms with Gasteiger partial charge < -0.3 is 18.1 Å². The lowest BCUT2D eigenvalue weighted by molar-refractivity contribution is -0.153. The van der Waals surface area contributed by atoms with Crippen LogP contribution in [0, 0.1) is 0 Å². The first-order valence-corrected chi connectivity index (χ1v) is 25.7. The van der Waals surface area contributed by atoms with E-state index in [9.17, 15) is 4.79 Å². The molecule has 4 aromatic rings. The lowest BCUT2D eigenvalue weighted by Gasteiger charge is -2.49. The Hall–Kier alpha value is -3.42. The molecule has 0 amide bonds. The lowest BCUT2D eigenvalue weighted by atomic mass is 10.1. The van der Waals surface area contributed by atoms with Crippen LogP contribution in [0.1, 0.15) is 41.5 Å². The summed E-state index contributed by atoms with van der Waals surface area (Å²) >= 11 is 0. The second kappa shape index (κ2) is 14.8. The molecule has 1 saturated heterocycles. The van der Waals surface area contributed by atoms with Crippen molar-refractivity contribution in [2.75, 3.05) is 6.54 Å². The molecule has 2 aliphatic rings. The fraction of sp³-hybridized carbons (Fsp3) is 0.372. The predicted molar refractivity (Wildman–Crippen MR) is 219 cm³/mol. The zero-order valence-electron chi connectivity index (χ0n) is 32.2. The molecule has 0 bridgehead atoms. The minimum absolute atomic E-state index is 0.264. The third kappa shape index (κ3) is 7.37. The summed E-state index contributed by atoms with van der Waals surface area (Å²) in [7, 11) is -8.37.